The Hall–Kier alpha value is -1.84. The first-order valence-corrected chi connectivity index (χ1v) is 6.52. The van der Waals surface area contributed by atoms with Gasteiger partial charge < -0.3 is 10.2 Å². The fourth-order valence-electron chi connectivity index (χ4n) is 2.11. The molecule has 4 nitrogen and oxygen atoms in total. The van der Waals surface area contributed by atoms with Gasteiger partial charge in [-0.3, -0.25) is 0 Å². The van der Waals surface area contributed by atoms with Crippen LogP contribution < -0.4 is 0 Å². The molecule has 0 aromatic heterocycles. The highest BCUT2D eigenvalue weighted by Crippen LogP contribution is 2.18. The van der Waals surface area contributed by atoms with E-state index < -0.39 is 11.9 Å². The average Bonchev–Trinajstić information content (AvgIpc) is 2.33. The summed E-state index contributed by atoms with van der Waals surface area (Å²) in [6.07, 6.45) is 3.60. The molecule has 0 unspecified atom stereocenters. The SMILES string of the molecule is CC(C)CCCCc1cccc(C(=O)O)c1C(=O)O. The molecule has 1 rings (SSSR count). The van der Waals surface area contributed by atoms with Crippen molar-refractivity contribution < 1.29 is 19.8 Å². The van der Waals surface area contributed by atoms with Crippen LogP contribution in [0.2, 0.25) is 0 Å². The zero-order valence-electron chi connectivity index (χ0n) is 11.3. The maximum absolute atomic E-state index is 11.2. The third-order valence-electron chi connectivity index (χ3n) is 3.07. The Bertz CT molecular complexity index is 463. The van der Waals surface area contributed by atoms with Crippen LogP contribution in [0.1, 0.15) is 59.4 Å². The Kier molecular flexibility index (Phi) is 5.55. The van der Waals surface area contributed by atoms with Crippen molar-refractivity contribution in [3.63, 3.8) is 0 Å². The van der Waals surface area contributed by atoms with Gasteiger partial charge in [0.05, 0.1) is 11.1 Å². The second kappa shape index (κ2) is 6.92. The minimum absolute atomic E-state index is 0.0699. The predicted molar refractivity (Wildman–Crippen MR) is 72.8 cm³/mol. The zero-order valence-corrected chi connectivity index (χ0v) is 11.3. The van der Waals surface area contributed by atoms with Gasteiger partial charge in [0.2, 0.25) is 0 Å². The summed E-state index contributed by atoms with van der Waals surface area (Å²) in [4.78, 5) is 22.3. The summed E-state index contributed by atoms with van der Waals surface area (Å²) < 4.78 is 0. The molecule has 0 saturated heterocycles. The van der Waals surface area contributed by atoms with Crippen LogP contribution in [-0.2, 0) is 6.42 Å². The summed E-state index contributed by atoms with van der Waals surface area (Å²) in [5, 5.41) is 18.2. The molecule has 0 radical (unpaired) electrons. The second-order valence-electron chi connectivity index (χ2n) is 5.09. The third kappa shape index (κ3) is 4.39. The highest BCUT2D eigenvalue weighted by Gasteiger charge is 2.19. The lowest BCUT2D eigenvalue weighted by molar-refractivity contribution is 0.0650. The zero-order chi connectivity index (χ0) is 14.4. The molecule has 0 fully saturated rings. The molecule has 0 aliphatic rings. The number of carboxylic acids is 2. The van der Waals surface area contributed by atoms with E-state index in [9.17, 15) is 14.7 Å². The molecule has 0 saturated carbocycles. The Morgan fingerprint density at radius 3 is 2.32 bits per heavy atom. The first-order valence-electron chi connectivity index (χ1n) is 6.52. The van der Waals surface area contributed by atoms with E-state index in [4.69, 9.17) is 5.11 Å². The molecule has 0 amide bonds. The van der Waals surface area contributed by atoms with Gasteiger partial charge in [0.15, 0.2) is 0 Å². The number of hydrogen-bond acceptors (Lipinski definition) is 2. The Morgan fingerprint density at radius 2 is 1.79 bits per heavy atom. The van der Waals surface area contributed by atoms with Crippen LogP contribution in [0.15, 0.2) is 18.2 Å². The van der Waals surface area contributed by atoms with Crippen LogP contribution in [0.25, 0.3) is 0 Å². The molecular weight excluding hydrogens is 244 g/mol. The Morgan fingerprint density at radius 1 is 1.11 bits per heavy atom. The lowest BCUT2D eigenvalue weighted by Crippen LogP contribution is -2.11. The van der Waals surface area contributed by atoms with Crippen LogP contribution >= 0.6 is 0 Å². The Balaban J connectivity index is 2.85. The lowest BCUT2D eigenvalue weighted by Gasteiger charge is -2.09. The highest BCUT2D eigenvalue weighted by molar-refractivity contribution is 6.02. The average molecular weight is 264 g/mol. The fraction of sp³-hybridized carbons (Fsp3) is 0.467. The van der Waals surface area contributed by atoms with Gasteiger partial charge in [-0.05, 0) is 30.4 Å². The smallest absolute Gasteiger partial charge is 0.336 e. The van der Waals surface area contributed by atoms with E-state index in [1.165, 1.54) is 6.07 Å². The summed E-state index contributed by atoms with van der Waals surface area (Å²) in [7, 11) is 0. The molecule has 4 heteroatoms. The topological polar surface area (TPSA) is 74.6 Å². The van der Waals surface area contributed by atoms with Gasteiger partial charge in [-0.1, -0.05) is 38.8 Å². The van der Waals surface area contributed by atoms with Gasteiger partial charge >= 0.3 is 11.9 Å². The summed E-state index contributed by atoms with van der Waals surface area (Å²) in [6.45, 7) is 4.29. The van der Waals surface area contributed by atoms with Gasteiger partial charge in [0.25, 0.3) is 0 Å². The number of aryl methyl sites for hydroxylation is 1. The van der Waals surface area contributed by atoms with E-state index in [1.807, 2.05) is 0 Å². The molecule has 104 valence electrons. The number of carboxylic acid groups (broad SMARTS) is 2. The van der Waals surface area contributed by atoms with Crippen molar-refractivity contribution in [3.8, 4) is 0 Å². The minimum Gasteiger partial charge on any atom is -0.478 e. The quantitative estimate of drug-likeness (QED) is 0.740. The summed E-state index contributed by atoms with van der Waals surface area (Å²) in [5.41, 5.74) is 0.407. The van der Waals surface area contributed by atoms with Crippen molar-refractivity contribution in [3.05, 3.63) is 34.9 Å². The first-order chi connectivity index (χ1) is 8.93. The molecular formula is C15H20O4. The number of hydrogen-bond donors (Lipinski definition) is 2. The van der Waals surface area contributed by atoms with Crippen molar-refractivity contribution in [2.45, 2.75) is 39.5 Å². The van der Waals surface area contributed by atoms with Crippen molar-refractivity contribution >= 4 is 11.9 Å². The first kappa shape index (κ1) is 15.2. The van der Waals surface area contributed by atoms with Crippen LogP contribution in [0.3, 0.4) is 0 Å². The maximum Gasteiger partial charge on any atom is 0.336 e. The molecule has 0 aliphatic carbocycles. The number of benzene rings is 1. The van der Waals surface area contributed by atoms with Crippen molar-refractivity contribution in [1.82, 2.24) is 0 Å². The molecule has 0 spiro atoms. The van der Waals surface area contributed by atoms with Crippen LogP contribution in [0, 0.1) is 5.92 Å². The number of aromatic carboxylic acids is 2. The van der Waals surface area contributed by atoms with Crippen molar-refractivity contribution in [2.75, 3.05) is 0 Å². The Labute approximate surface area is 113 Å². The van der Waals surface area contributed by atoms with Gasteiger partial charge in [-0.25, -0.2) is 9.59 Å². The molecule has 0 atom stereocenters. The van der Waals surface area contributed by atoms with E-state index in [0.29, 0.717) is 17.9 Å². The highest BCUT2D eigenvalue weighted by atomic mass is 16.4. The van der Waals surface area contributed by atoms with Gasteiger partial charge in [0.1, 0.15) is 0 Å². The van der Waals surface area contributed by atoms with E-state index in [-0.39, 0.29) is 11.1 Å². The summed E-state index contributed by atoms with van der Waals surface area (Å²) >= 11 is 0. The summed E-state index contributed by atoms with van der Waals surface area (Å²) in [6, 6.07) is 4.64. The molecule has 19 heavy (non-hydrogen) atoms. The predicted octanol–water partition coefficient (Wildman–Crippen LogP) is 3.45. The monoisotopic (exact) mass is 264 g/mol. The number of unbranched alkanes of at least 4 members (excludes halogenated alkanes) is 1. The fourth-order valence-corrected chi connectivity index (χ4v) is 2.11. The summed E-state index contributed by atoms with van der Waals surface area (Å²) in [5.74, 6) is -1.73. The van der Waals surface area contributed by atoms with Crippen LogP contribution in [-0.4, -0.2) is 22.2 Å². The van der Waals surface area contributed by atoms with Crippen molar-refractivity contribution in [2.24, 2.45) is 5.92 Å². The lowest BCUT2D eigenvalue weighted by atomic mass is 9.95. The van der Waals surface area contributed by atoms with Crippen molar-refractivity contribution in [1.29, 1.82) is 0 Å². The second-order valence-corrected chi connectivity index (χ2v) is 5.09. The van der Waals surface area contributed by atoms with Gasteiger partial charge in [0, 0.05) is 0 Å². The maximum atomic E-state index is 11.2. The molecule has 0 aliphatic heterocycles. The van der Waals surface area contributed by atoms with Crippen LogP contribution in [0.4, 0.5) is 0 Å². The van der Waals surface area contributed by atoms with E-state index >= 15 is 0 Å². The molecule has 0 heterocycles. The normalized spacial score (nSPS) is 10.7. The number of rotatable bonds is 7. The van der Waals surface area contributed by atoms with E-state index in [0.717, 1.165) is 19.3 Å². The standard InChI is InChI=1S/C15H20O4/c1-10(2)6-3-4-7-11-8-5-9-12(14(16)17)13(11)15(18)19/h5,8-10H,3-4,6-7H2,1-2H3,(H,16,17)(H,18,19). The van der Waals surface area contributed by atoms with Gasteiger partial charge in [-0.15, -0.1) is 0 Å². The molecule has 2 N–H and O–H groups in total. The van der Waals surface area contributed by atoms with E-state index in [2.05, 4.69) is 13.8 Å². The third-order valence-corrected chi connectivity index (χ3v) is 3.07. The minimum atomic E-state index is -1.19. The van der Waals surface area contributed by atoms with Gasteiger partial charge in [-0.2, -0.15) is 0 Å². The number of carbonyl (C=O) groups is 2. The molecule has 1 aromatic carbocycles. The molecule has 1 aromatic rings. The largest absolute Gasteiger partial charge is 0.478 e. The molecule has 0 bridgehead atoms. The van der Waals surface area contributed by atoms with Crippen LogP contribution in [0.5, 0.6) is 0 Å². The van der Waals surface area contributed by atoms with E-state index in [1.54, 1.807) is 12.1 Å².